The number of hydrogen-bond donors (Lipinski definition) is 0. The van der Waals surface area contributed by atoms with Crippen molar-refractivity contribution < 1.29 is 9.47 Å². The Hall–Kier alpha value is -1.28. The number of rotatable bonds is 5. The Morgan fingerprint density at radius 3 is 3.00 bits per heavy atom. The SMILES string of the molecule is CC=CCc1ccccc1OCC1CO1. The van der Waals surface area contributed by atoms with Gasteiger partial charge in [0.15, 0.2) is 0 Å². The molecule has 1 aliphatic heterocycles. The zero-order chi connectivity index (χ0) is 10.5. The molecule has 0 spiro atoms. The summed E-state index contributed by atoms with van der Waals surface area (Å²) in [4.78, 5) is 0. The van der Waals surface area contributed by atoms with Crippen LogP contribution in [0.25, 0.3) is 0 Å². The predicted molar refractivity (Wildman–Crippen MR) is 60.2 cm³/mol. The monoisotopic (exact) mass is 204 g/mol. The fourth-order valence-corrected chi connectivity index (χ4v) is 1.41. The van der Waals surface area contributed by atoms with Crippen LogP contribution in [0.3, 0.4) is 0 Å². The number of para-hydroxylation sites is 1. The number of benzene rings is 1. The average molecular weight is 204 g/mol. The smallest absolute Gasteiger partial charge is 0.122 e. The van der Waals surface area contributed by atoms with E-state index < -0.39 is 0 Å². The first-order valence-corrected chi connectivity index (χ1v) is 5.33. The van der Waals surface area contributed by atoms with Crippen LogP contribution in [0.15, 0.2) is 36.4 Å². The fraction of sp³-hybridized carbons (Fsp3) is 0.385. The molecule has 1 aromatic rings. The molecule has 2 rings (SSSR count). The van der Waals surface area contributed by atoms with Crippen LogP contribution in [-0.4, -0.2) is 19.3 Å². The van der Waals surface area contributed by atoms with Gasteiger partial charge in [-0.15, -0.1) is 0 Å². The van der Waals surface area contributed by atoms with E-state index in [2.05, 4.69) is 18.2 Å². The highest BCUT2D eigenvalue weighted by molar-refractivity contribution is 5.34. The summed E-state index contributed by atoms with van der Waals surface area (Å²) in [5, 5.41) is 0. The van der Waals surface area contributed by atoms with E-state index in [0.29, 0.717) is 12.7 Å². The van der Waals surface area contributed by atoms with Crippen LogP contribution >= 0.6 is 0 Å². The van der Waals surface area contributed by atoms with E-state index in [0.717, 1.165) is 18.8 Å². The van der Waals surface area contributed by atoms with Crippen molar-refractivity contribution in [2.45, 2.75) is 19.4 Å². The van der Waals surface area contributed by atoms with E-state index in [1.165, 1.54) is 5.56 Å². The Kier molecular flexibility index (Phi) is 3.41. The lowest BCUT2D eigenvalue weighted by Crippen LogP contribution is -2.05. The van der Waals surface area contributed by atoms with Crippen molar-refractivity contribution in [3.05, 3.63) is 42.0 Å². The van der Waals surface area contributed by atoms with Crippen LogP contribution in [0.5, 0.6) is 5.75 Å². The zero-order valence-electron chi connectivity index (χ0n) is 8.98. The molecular weight excluding hydrogens is 188 g/mol. The Morgan fingerprint density at radius 2 is 2.27 bits per heavy atom. The van der Waals surface area contributed by atoms with Crippen LogP contribution in [0.4, 0.5) is 0 Å². The highest BCUT2D eigenvalue weighted by Gasteiger charge is 2.23. The van der Waals surface area contributed by atoms with Crippen molar-refractivity contribution >= 4 is 0 Å². The number of epoxide rings is 1. The van der Waals surface area contributed by atoms with Crippen molar-refractivity contribution in [1.82, 2.24) is 0 Å². The van der Waals surface area contributed by atoms with E-state index in [4.69, 9.17) is 9.47 Å². The molecule has 0 radical (unpaired) electrons. The van der Waals surface area contributed by atoms with E-state index in [9.17, 15) is 0 Å². The average Bonchev–Trinajstić information content (AvgIpc) is 3.08. The molecule has 1 saturated heterocycles. The fourth-order valence-electron chi connectivity index (χ4n) is 1.41. The van der Waals surface area contributed by atoms with Gasteiger partial charge in [0.05, 0.1) is 6.61 Å². The summed E-state index contributed by atoms with van der Waals surface area (Å²) in [5.74, 6) is 0.978. The maximum atomic E-state index is 5.70. The molecule has 1 atom stereocenters. The van der Waals surface area contributed by atoms with Crippen LogP contribution in [0.1, 0.15) is 12.5 Å². The van der Waals surface area contributed by atoms with Crippen LogP contribution < -0.4 is 4.74 Å². The van der Waals surface area contributed by atoms with Gasteiger partial charge in [0, 0.05) is 0 Å². The van der Waals surface area contributed by atoms with Crippen LogP contribution in [0, 0.1) is 0 Å². The minimum absolute atomic E-state index is 0.319. The second-order valence-electron chi connectivity index (χ2n) is 3.65. The summed E-state index contributed by atoms with van der Waals surface area (Å²) in [6, 6.07) is 8.16. The van der Waals surface area contributed by atoms with Gasteiger partial charge < -0.3 is 9.47 Å². The van der Waals surface area contributed by atoms with Crippen molar-refractivity contribution in [3.8, 4) is 5.75 Å². The zero-order valence-corrected chi connectivity index (χ0v) is 8.98. The van der Waals surface area contributed by atoms with Gasteiger partial charge in [-0.3, -0.25) is 0 Å². The molecule has 1 aliphatic rings. The Balaban J connectivity index is 1.99. The lowest BCUT2D eigenvalue weighted by atomic mass is 10.1. The predicted octanol–water partition coefficient (Wildman–Crippen LogP) is 2.58. The van der Waals surface area contributed by atoms with Crippen LogP contribution in [0.2, 0.25) is 0 Å². The van der Waals surface area contributed by atoms with E-state index in [1.807, 2.05) is 25.1 Å². The number of hydrogen-bond acceptors (Lipinski definition) is 2. The molecule has 15 heavy (non-hydrogen) atoms. The number of ether oxygens (including phenoxy) is 2. The quantitative estimate of drug-likeness (QED) is 0.543. The van der Waals surface area contributed by atoms with Crippen molar-refractivity contribution in [3.63, 3.8) is 0 Å². The second-order valence-corrected chi connectivity index (χ2v) is 3.65. The van der Waals surface area contributed by atoms with Gasteiger partial charge in [-0.2, -0.15) is 0 Å². The molecule has 1 heterocycles. The van der Waals surface area contributed by atoms with Gasteiger partial charge in [0.25, 0.3) is 0 Å². The topological polar surface area (TPSA) is 21.8 Å². The Labute approximate surface area is 90.5 Å². The summed E-state index contributed by atoms with van der Waals surface area (Å²) < 4.78 is 10.8. The summed E-state index contributed by atoms with van der Waals surface area (Å²) >= 11 is 0. The molecule has 0 saturated carbocycles. The lowest BCUT2D eigenvalue weighted by Gasteiger charge is -2.08. The highest BCUT2D eigenvalue weighted by atomic mass is 16.6. The summed E-state index contributed by atoms with van der Waals surface area (Å²) in [6.07, 6.45) is 5.44. The normalized spacial score (nSPS) is 19.4. The van der Waals surface area contributed by atoms with Gasteiger partial charge >= 0.3 is 0 Å². The molecule has 0 aromatic heterocycles. The van der Waals surface area contributed by atoms with Gasteiger partial charge in [-0.05, 0) is 25.0 Å². The maximum Gasteiger partial charge on any atom is 0.122 e. The van der Waals surface area contributed by atoms with Crippen molar-refractivity contribution in [1.29, 1.82) is 0 Å². The first-order valence-electron chi connectivity index (χ1n) is 5.33. The molecule has 2 nitrogen and oxygen atoms in total. The molecule has 0 N–H and O–H groups in total. The third-order valence-electron chi connectivity index (χ3n) is 2.37. The Bertz CT molecular complexity index is 340. The second kappa shape index (κ2) is 4.99. The molecule has 2 heteroatoms. The van der Waals surface area contributed by atoms with Crippen LogP contribution in [-0.2, 0) is 11.2 Å². The molecular formula is C13H16O2. The van der Waals surface area contributed by atoms with E-state index in [-0.39, 0.29) is 0 Å². The first-order chi connectivity index (χ1) is 7.40. The molecule has 0 aliphatic carbocycles. The Morgan fingerprint density at radius 1 is 1.47 bits per heavy atom. The summed E-state index contributed by atoms with van der Waals surface area (Å²) in [7, 11) is 0. The summed E-state index contributed by atoms with van der Waals surface area (Å²) in [5.41, 5.74) is 1.23. The standard InChI is InChI=1S/C13H16O2/c1-2-3-6-11-7-4-5-8-13(11)15-10-12-9-14-12/h2-5,7-8,12H,6,9-10H2,1H3. The summed E-state index contributed by atoms with van der Waals surface area (Å²) in [6.45, 7) is 3.55. The minimum Gasteiger partial charge on any atom is -0.490 e. The van der Waals surface area contributed by atoms with Crippen molar-refractivity contribution in [2.75, 3.05) is 13.2 Å². The van der Waals surface area contributed by atoms with Gasteiger partial charge in [0.1, 0.15) is 18.5 Å². The van der Waals surface area contributed by atoms with Crippen molar-refractivity contribution in [2.24, 2.45) is 0 Å². The maximum absolute atomic E-state index is 5.70. The van der Waals surface area contributed by atoms with E-state index in [1.54, 1.807) is 0 Å². The van der Waals surface area contributed by atoms with Gasteiger partial charge in [0.2, 0.25) is 0 Å². The molecule has 1 fully saturated rings. The molecule has 0 bridgehead atoms. The number of allylic oxidation sites excluding steroid dienone is 2. The third kappa shape index (κ3) is 3.10. The van der Waals surface area contributed by atoms with Gasteiger partial charge in [-0.25, -0.2) is 0 Å². The molecule has 0 amide bonds. The third-order valence-corrected chi connectivity index (χ3v) is 2.37. The van der Waals surface area contributed by atoms with E-state index >= 15 is 0 Å². The molecule has 80 valence electrons. The van der Waals surface area contributed by atoms with Gasteiger partial charge in [-0.1, -0.05) is 30.4 Å². The lowest BCUT2D eigenvalue weighted by molar-refractivity contribution is 0.261. The molecule has 1 aromatic carbocycles. The first kappa shape index (κ1) is 10.2. The minimum atomic E-state index is 0.319. The molecule has 1 unspecified atom stereocenters. The highest BCUT2D eigenvalue weighted by Crippen LogP contribution is 2.20. The largest absolute Gasteiger partial charge is 0.490 e.